The lowest BCUT2D eigenvalue weighted by atomic mass is 10.1. The van der Waals surface area contributed by atoms with Crippen LogP contribution in [0.2, 0.25) is 0 Å². The molecule has 1 amide bonds. The quantitative estimate of drug-likeness (QED) is 0.778. The highest BCUT2D eigenvalue weighted by Gasteiger charge is 2.30. The monoisotopic (exact) mass is 260 g/mol. The summed E-state index contributed by atoms with van der Waals surface area (Å²) in [5.41, 5.74) is 2.02. The topological polar surface area (TPSA) is 69.6 Å². The number of carboxylic acids is 1. The Bertz CT molecular complexity index is 488. The summed E-state index contributed by atoms with van der Waals surface area (Å²) in [6, 6.07) is 7.31. The van der Waals surface area contributed by atoms with Gasteiger partial charge in [0.2, 0.25) is 5.91 Å². The van der Waals surface area contributed by atoms with E-state index >= 15 is 0 Å². The van der Waals surface area contributed by atoms with Gasteiger partial charge in [0.1, 0.15) is 12.6 Å². The van der Waals surface area contributed by atoms with E-state index in [4.69, 9.17) is 5.11 Å². The predicted octanol–water partition coefficient (Wildman–Crippen LogP) is 1.12. The lowest BCUT2D eigenvalue weighted by Gasteiger charge is -2.22. The first-order valence-electron chi connectivity index (χ1n) is 6.07. The van der Waals surface area contributed by atoms with Gasteiger partial charge in [-0.2, -0.15) is 0 Å². The van der Waals surface area contributed by atoms with Crippen LogP contribution < -0.4 is 5.32 Å². The van der Waals surface area contributed by atoms with Crippen LogP contribution in [0.5, 0.6) is 0 Å². The number of hydrogen-bond acceptors (Lipinski definition) is 3. The fourth-order valence-electron chi connectivity index (χ4n) is 2.22. The van der Waals surface area contributed by atoms with Crippen LogP contribution in [0.4, 0.5) is 5.69 Å². The molecule has 0 spiro atoms. The number of nitrogens with one attached hydrogen (secondary N) is 1. The zero-order valence-corrected chi connectivity index (χ0v) is 10.5. The van der Waals surface area contributed by atoms with Crippen molar-refractivity contribution < 1.29 is 14.7 Å². The van der Waals surface area contributed by atoms with Gasteiger partial charge >= 0.3 is 5.97 Å². The number of amides is 1. The summed E-state index contributed by atoms with van der Waals surface area (Å²) in [5, 5.41) is 12.0. The molecule has 1 aromatic rings. The summed E-state index contributed by atoms with van der Waals surface area (Å²) in [4.78, 5) is 24.4. The van der Waals surface area contributed by atoms with Crippen LogP contribution in [0, 0.1) is 0 Å². The number of aliphatic carboxylic acids is 1. The fourth-order valence-corrected chi connectivity index (χ4v) is 2.22. The second-order valence-corrected chi connectivity index (χ2v) is 4.46. The molecule has 1 heterocycles. The summed E-state index contributed by atoms with van der Waals surface area (Å²) in [6.07, 6.45) is 2.12. The van der Waals surface area contributed by atoms with Crippen LogP contribution in [0.1, 0.15) is 5.56 Å². The average Bonchev–Trinajstić information content (AvgIpc) is 2.80. The molecule has 0 saturated heterocycles. The molecule has 0 fully saturated rings. The molecular weight excluding hydrogens is 244 g/mol. The highest BCUT2D eigenvalue weighted by atomic mass is 16.4. The van der Waals surface area contributed by atoms with Gasteiger partial charge in [-0.1, -0.05) is 24.3 Å². The summed E-state index contributed by atoms with van der Waals surface area (Å²) in [5.74, 6) is -1.23. The zero-order chi connectivity index (χ0) is 13.8. The largest absolute Gasteiger partial charge is 0.480 e. The minimum Gasteiger partial charge on any atom is -0.480 e. The van der Waals surface area contributed by atoms with E-state index in [1.54, 1.807) is 0 Å². The van der Waals surface area contributed by atoms with Crippen LogP contribution in [0.25, 0.3) is 0 Å². The zero-order valence-electron chi connectivity index (χ0n) is 10.5. The molecule has 0 aromatic heterocycles. The minimum absolute atomic E-state index is 0.210. The van der Waals surface area contributed by atoms with Gasteiger partial charge in [0.25, 0.3) is 0 Å². The molecule has 0 unspecified atom stereocenters. The fraction of sp³-hybridized carbons (Fsp3) is 0.286. The number of anilines is 1. The van der Waals surface area contributed by atoms with Crippen LogP contribution in [-0.4, -0.2) is 41.0 Å². The number of fused-ring (bicyclic) bond motifs is 1. The number of carbonyl (C=O) groups excluding carboxylic acids is 1. The Balaban J connectivity index is 2.08. The SMILES string of the molecule is C=CCN(CC(=O)O)C(=O)[C@@H]1Cc2ccccc2N1. The molecule has 1 aliphatic heterocycles. The van der Waals surface area contributed by atoms with Gasteiger partial charge in [0.15, 0.2) is 0 Å². The van der Waals surface area contributed by atoms with Crippen molar-refractivity contribution in [3.05, 3.63) is 42.5 Å². The maximum absolute atomic E-state index is 12.3. The van der Waals surface area contributed by atoms with Crippen LogP contribution >= 0.6 is 0 Å². The standard InChI is InChI=1S/C14H16N2O3/c1-2-7-16(9-13(17)18)14(19)12-8-10-5-3-4-6-11(10)15-12/h2-6,12,15H,1,7-9H2,(H,17,18)/t12-/m0/s1. The van der Waals surface area contributed by atoms with Crippen LogP contribution in [0.15, 0.2) is 36.9 Å². The Labute approximate surface area is 111 Å². The molecule has 1 atom stereocenters. The number of nitrogens with zero attached hydrogens (tertiary/aromatic N) is 1. The molecule has 5 heteroatoms. The molecule has 2 rings (SSSR count). The molecule has 1 aliphatic rings. The van der Waals surface area contributed by atoms with Crippen molar-refractivity contribution in [2.45, 2.75) is 12.5 Å². The van der Waals surface area contributed by atoms with Gasteiger partial charge in [-0.25, -0.2) is 0 Å². The third-order valence-corrected chi connectivity index (χ3v) is 3.06. The van der Waals surface area contributed by atoms with Gasteiger partial charge in [-0.05, 0) is 11.6 Å². The van der Waals surface area contributed by atoms with Crippen molar-refractivity contribution in [1.82, 2.24) is 4.90 Å². The first kappa shape index (κ1) is 13.1. The first-order chi connectivity index (χ1) is 9.11. The molecule has 0 saturated carbocycles. The number of benzene rings is 1. The van der Waals surface area contributed by atoms with E-state index in [0.29, 0.717) is 6.42 Å². The second-order valence-electron chi connectivity index (χ2n) is 4.46. The van der Waals surface area contributed by atoms with Crippen molar-refractivity contribution in [1.29, 1.82) is 0 Å². The first-order valence-corrected chi connectivity index (χ1v) is 6.07. The lowest BCUT2D eigenvalue weighted by Crippen LogP contribution is -2.44. The molecule has 19 heavy (non-hydrogen) atoms. The minimum atomic E-state index is -1.02. The molecule has 1 aromatic carbocycles. The highest BCUT2D eigenvalue weighted by Crippen LogP contribution is 2.25. The third kappa shape index (κ3) is 2.93. The summed E-state index contributed by atoms with van der Waals surface area (Å²) in [7, 11) is 0. The number of carboxylic acid groups (broad SMARTS) is 1. The Kier molecular flexibility index (Phi) is 3.85. The molecule has 2 N–H and O–H groups in total. The number of hydrogen-bond donors (Lipinski definition) is 2. The van der Waals surface area contributed by atoms with E-state index in [1.165, 1.54) is 11.0 Å². The lowest BCUT2D eigenvalue weighted by molar-refractivity contribution is -0.144. The molecule has 0 aliphatic carbocycles. The van der Waals surface area contributed by atoms with Gasteiger partial charge in [0, 0.05) is 18.7 Å². The molecule has 0 radical (unpaired) electrons. The van der Waals surface area contributed by atoms with E-state index in [9.17, 15) is 9.59 Å². The molecule has 5 nitrogen and oxygen atoms in total. The normalized spacial score (nSPS) is 16.3. The van der Waals surface area contributed by atoms with Gasteiger partial charge in [-0.3, -0.25) is 9.59 Å². The van der Waals surface area contributed by atoms with E-state index < -0.39 is 12.0 Å². The van der Waals surface area contributed by atoms with Crippen molar-refractivity contribution in [3.8, 4) is 0 Å². The Morgan fingerprint density at radius 2 is 2.21 bits per heavy atom. The second kappa shape index (κ2) is 5.56. The highest BCUT2D eigenvalue weighted by molar-refractivity contribution is 5.89. The van der Waals surface area contributed by atoms with Gasteiger partial charge < -0.3 is 15.3 Å². The van der Waals surface area contributed by atoms with Crippen molar-refractivity contribution in [2.24, 2.45) is 0 Å². The Morgan fingerprint density at radius 3 is 2.84 bits per heavy atom. The van der Waals surface area contributed by atoms with Gasteiger partial charge in [-0.15, -0.1) is 6.58 Å². The number of para-hydroxylation sites is 1. The number of rotatable bonds is 5. The van der Waals surface area contributed by atoms with Crippen LogP contribution in [-0.2, 0) is 16.0 Å². The number of carbonyl (C=O) groups is 2. The van der Waals surface area contributed by atoms with E-state index in [1.807, 2.05) is 24.3 Å². The Hall–Kier alpha value is -2.30. The molecule has 0 bridgehead atoms. The third-order valence-electron chi connectivity index (χ3n) is 3.06. The maximum atomic E-state index is 12.3. The summed E-state index contributed by atoms with van der Waals surface area (Å²) < 4.78 is 0. The van der Waals surface area contributed by atoms with E-state index in [-0.39, 0.29) is 19.0 Å². The van der Waals surface area contributed by atoms with Gasteiger partial charge in [0.05, 0.1) is 0 Å². The molecule has 100 valence electrons. The van der Waals surface area contributed by atoms with E-state index in [2.05, 4.69) is 11.9 Å². The summed E-state index contributed by atoms with van der Waals surface area (Å²) >= 11 is 0. The van der Waals surface area contributed by atoms with Crippen molar-refractivity contribution in [3.63, 3.8) is 0 Å². The smallest absolute Gasteiger partial charge is 0.323 e. The summed E-state index contributed by atoms with van der Waals surface area (Å²) in [6.45, 7) is 3.48. The molecular formula is C14H16N2O3. The predicted molar refractivity (Wildman–Crippen MR) is 72.0 cm³/mol. The average molecular weight is 260 g/mol. The van der Waals surface area contributed by atoms with Crippen LogP contribution in [0.3, 0.4) is 0 Å². The Morgan fingerprint density at radius 1 is 1.47 bits per heavy atom. The van der Waals surface area contributed by atoms with Crippen molar-refractivity contribution >= 4 is 17.6 Å². The maximum Gasteiger partial charge on any atom is 0.323 e. The van der Waals surface area contributed by atoms with E-state index in [0.717, 1.165) is 11.3 Å². The van der Waals surface area contributed by atoms with Crippen molar-refractivity contribution in [2.75, 3.05) is 18.4 Å².